The van der Waals surface area contributed by atoms with Gasteiger partial charge in [-0.1, -0.05) is 0 Å². The predicted molar refractivity (Wildman–Crippen MR) is 51.8 cm³/mol. The molecule has 1 nitrogen and oxygen atoms in total. The van der Waals surface area contributed by atoms with Gasteiger partial charge in [0.05, 0.1) is 0 Å². The Morgan fingerprint density at radius 2 is 2.27 bits per heavy atom. The predicted octanol–water partition coefficient (Wildman–Crippen LogP) is 3.05. The van der Waals surface area contributed by atoms with E-state index in [0.29, 0.717) is 6.42 Å². The van der Waals surface area contributed by atoms with Crippen LogP contribution in [0.2, 0.25) is 0 Å². The van der Waals surface area contributed by atoms with E-state index in [1.54, 1.807) is 0 Å². The molecule has 0 fully saturated rings. The van der Waals surface area contributed by atoms with E-state index in [1.165, 1.54) is 0 Å². The fourth-order valence-electron chi connectivity index (χ4n) is 0.904. The molecule has 0 saturated heterocycles. The summed E-state index contributed by atoms with van der Waals surface area (Å²) in [5, 5.41) is 0. The second-order valence-electron chi connectivity index (χ2n) is 2.24. The van der Waals surface area contributed by atoms with Crippen LogP contribution in [0.25, 0.3) is 0 Å². The van der Waals surface area contributed by atoms with Gasteiger partial charge in [0.2, 0.25) is 0 Å². The second-order valence-corrected chi connectivity index (χ2v) is 6.12. The molecule has 0 radical (unpaired) electrons. The van der Waals surface area contributed by atoms with E-state index in [9.17, 15) is 8.78 Å². The quantitative estimate of drug-likeness (QED) is 0.541. The minimum atomic E-state index is -2.37. The number of nitrogens with zero attached hydrogens (tertiary/aromatic N) is 1. The Hall–Kier alpha value is -0.0000000000000000555. The Morgan fingerprint density at radius 3 is 2.64 bits per heavy atom. The van der Waals surface area contributed by atoms with Gasteiger partial charge in [0, 0.05) is 0 Å². The molecular weight excluding hydrogens is 263 g/mol. The summed E-state index contributed by atoms with van der Waals surface area (Å²) in [5.74, 6) is 0. The first-order valence-corrected chi connectivity index (χ1v) is 7.68. The van der Waals surface area contributed by atoms with Gasteiger partial charge >= 0.3 is 72.1 Å². The zero-order valence-corrected chi connectivity index (χ0v) is 8.60. The number of halogens is 3. The van der Waals surface area contributed by atoms with Gasteiger partial charge in [0.25, 0.3) is 0 Å². The Labute approximate surface area is 72.3 Å². The Bertz CT molecular complexity index is 210. The molecule has 0 atom stereocenters. The monoisotopic (exact) mass is 273 g/mol. The van der Waals surface area contributed by atoms with Gasteiger partial charge in [-0.15, -0.1) is 0 Å². The third-order valence-corrected chi connectivity index (χ3v) is 4.36. The van der Waals surface area contributed by atoms with Gasteiger partial charge in [0.15, 0.2) is 0 Å². The minimum absolute atomic E-state index is 0.0557. The molecule has 1 aliphatic rings. The summed E-state index contributed by atoms with van der Waals surface area (Å²) in [4.78, 5) is 1.97. The van der Waals surface area contributed by atoms with Crippen LogP contribution in [0.4, 0.5) is 8.78 Å². The molecule has 0 saturated carbocycles. The molecule has 0 amide bonds. The van der Waals surface area contributed by atoms with Crippen LogP contribution in [0.5, 0.6) is 0 Å². The van der Waals surface area contributed by atoms with Crippen LogP contribution in [0.1, 0.15) is 13.3 Å². The van der Waals surface area contributed by atoms with Crippen molar-refractivity contribution >= 4 is 25.8 Å². The summed E-state index contributed by atoms with van der Waals surface area (Å²) in [6, 6.07) is 0. The topological polar surface area (TPSA) is 12.4 Å². The molecule has 0 aromatic heterocycles. The number of alkyl halides is 3. The molecule has 1 aliphatic heterocycles. The molecule has 0 N–H and O–H groups in total. The molecule has 0 aromatic rings. The van der Waals surface area contributed by atoms with E-state index in [0.717, 1.165) is 5.57 Å². The van der Waals surface area contributed by atoms with E-state index >= 15 is 0 Å². The van der Waals surface area contributed by atoms with Gasteiger partial charge in [-0.3, -0.25) is 0 Å². The van der Waals surface area contributed by atoms with Gasteiger partial charge in [-0.2, -0.15) is 0 Å². The standard InChI is InChI=1S/C7H10F2IN/c1-3-5-4-10(2)11-6(5)7(8)9/h4,7H,3H2,1-2H3. The first-order valence-electron chi connectivity index (χ1n) is 3.31. The normalized spacial score (nSPS) is 20.6. The van der Waals surface area contributed by atoms with Gasteiger partial charge in [-0.05, 0) is 0 Å². The molecule has 1 rings (SSSR count). The van der Waals surface area contributed by atoms with Gasteiger partial charge < -0.3 is 0 Å². The molecule has 4 heteroatoms. The van der Waals surface area contributed by atoms with Crippen molar-refractivity contribution in [2.75, 3.05) is 4.93 Å². The fourth-order valence-corrected chi connectivity index (χ4v) is 4.23. The molecule has 0 aromatic carbocycles. The van der Waals surface area contributed by atoms with Crippen LogP contribution in [0.15, 0.2) is 12.9 Å². The molecule has 11 heavy (non-hydrogen) atoms. The van der Waals surface area contributed by atoms with Crippen molar-refractivity contribution in [2.24, 2.45) is 3.21 Å². The van der Waals surface area contributed by atoms with Crippen LogP contribution in [-0.4, -0.2) is 17.1 Å². The second kappa shape index (κ2) is 3.60. The zero-order chi connectivity index (χ0) is 8.43. The van der Waals surface area contributed by atoms with Gasteiger partial charge in [-0.25, -0.2) is 0 Å². The van der Waals surface area contributed by atoms with Crippen molar-refractivity contribution in [1.29, 1.82) is 0 Å². The Kier molecular flexibility index (Phi) is 2.98. The first-order chi connectivity index (χ1) is 5.15. The fraction of sp³-hybridized carbons (Fsp3) is 0.571. The average Bonchev–Trinajstić information content (AvgIpc) is 2.30. The molecule has 0 aliphatic carbocycles. The molecule has 0 unspecified atom stereocenters. The van der Waals surface area contributed by atoms with Crippen molar-refractivity contribution in [2.45, 2.75) is 19.8 Å². The molecule has 0 spiro atoms. The first kappa shape index (κ1) is 9.09. The van der Waals surface area contributed by atoms with Crippen molar-refractivity contribution in [3.63, 3.8) is 0 Å². The maximum absolute atomic E-state index is 12.2. The molecule has 0 bridgehead atoms. The van der Waals surface area contributed by atoms with E-state index < -0.39 is 26.5 Å². The Balaban J connectivity index is 2.80. The maximum atomic E-state index is 12.2. The average molecular weight is 273 g/mol. The van der Waals surface area contributed by atoms with Crippen LogP contribution in [0.3, 0.4) is 0 Å². The summed E-state index contributed by atoms with van der Waals surface area (Å²) >= 11 is -1.45. The van der Waals surface area contributed by atoms with Crippen LogP contribution in [-0.2, 0) is 0 Å². The summed E-state index contributed by atoms with van der Waals surface area (Å²) in [5.41, 5.74) is 0.827. The molecular formula is C7H10F2IN. The van der Waals surface area contributed by atoms with Crippen LogP contribution in [0, 0.1) is 0 Å². The Morgan fingerprint density at radius 1 is 1.64 bits per heavy atom. The van der Waals surface area contributed by atoms with E-state index in [1.807, 2.05) is 15.9 Å². The summed E-state index contributed by atoms with van der Waals surface area (Å²) in [7, 11) is 0. The van der Waals surface area contributed by atoms with Crippen LogP contribution >= 0.6 is 20.1 Å². The third kappa shape index (κ3) is 1.98. The SMILES string of the molecule is CCC1=CI(C)N=C1C(F)F. The van der Waals surface area contributed by atoms with Gasteiger partial charge in [0.1, 0.15) is 0 Å². The third-order valence-electron chi connectivity index (χ3n) is 1.43. The summed E-state index contributed by atoms with van der Waals surface area (Å²) in [6.45, 7) is 1.89. The van der Waals surface area contributed by atoms with Crippen molar-refractivity contribution in [1.82, 2.24) is 0 Å². The van der Waals surface area contributed by atoms with Crippen molar-refractivity contribution < 1.29 is 8.78 Å². The van der Waals surface area contributed by atoms with E-state index in [2.05, 4.69) is 3.21 Å². The summed E-state index contributed by atoms with van der Waals surface area (Å²) < 4.78 is 30.3. The zero-order valence-electron chi connectivity index (χ0n) is 6.44. The van der Waals surface area contributed by atoms with Crippen molar-refractivity contribution in [3.8, 4) is 0 Å². The van der Waals surface area contributed by atoms with Crippen LogP contribution < -0.4 is 0 Å². The van der Waals surface area contributed by atoms with Crippen molar-refractivity contribution in [3.05, 3.63) is 9.66 Å². The van der Waals surface area contributed by atoms with E-state index in [4.69, 9.17) is 0 Å². The number of hydrogen-bond donors (Lipinski definition) is 0. The molecule has 1 heterocycles. The number of allylic oxidation sites excluding steroid dienone is 1. The number of hydrogen-bond acceptors (Lipinski definition) is 1. The molecule has 64 valence electrons. The van der Waals surface area contributed by atoms with E-state index in [-0.39, 0.29) is 5.71 Å². The number of rotatable bonds is 2. The summed E-state index contributed by atoms with van der Waals surface area (Å²) in [6.07, 6.45) is -1.69.